The maximum absolute atomic E-state index is 13.7. The molecule has 0 unspecified atom stereocenters. The SMILES string of the molecule is CCOc1ccc(F)cc1-c1cn2ccccc2c1C(=O)O. The van der Waals surface area contributed by atoms with Crippen LogP contribution < -0.4 is 4.74 Å². The molecule has 3 rings (SSSR count). The number of hydrogen-bond acceptors (Lipinski definition) is 2. The highest BCUT2D eigenvalue weighted by atomic mass is 19.1. The van der Waals surface area contributed by atoms with Crippen LogP contribution in [-0.4, -0.2) is 22.1 Å². The molecule has 0 bridgehead atoms. The monoisotopic (exact) mass is 299 g/mol. The van der Waals surface area contributed by atoms with Crippen LogP contribution in [0.3, 0.4) is 0 Å². The number of carboxylic acid groups (broad SMARTS) is 1. The summed E-state index contributed by atoms with van der Waals surface area (Å²) >= 11 is 0. The quantitative estimate of drug-likeness (QED) is 0.796. The second-order valence-corrected chi connectivity index (χ2v) is 4.79. The van der Waals surface area contributed by atoms with E-state index in [0.717, 1.165) is 0 Å². The first-order valence-electron chi connectivity index (χ1n) is 6.87. The molecule has 1 aromatic carbocycles. The summed E-state index contributed by atoms with van der Waals surface area (Å²) in [7, 11) is 0. The molecule has 3 aromatic rings. The minimum atomic E-state index is -1.06. The normalized spacial score (nSPS) is 10.8. The highest BCUT2D eigenvalue weighted by Crippen LogP contribution is 2.36. The smallest absolute Gasteiger partial charge is 0.338 e. The Morgan fingerprint density at radius 1 is 1.27 bits per heavy atom. The van der Waals surface area contributed by atoms with Crippen LogP contribution in [0, 0.1) is 5.82 Å². The first kappa shape index (κ1) is 14.1. The van der Waals surface area contributed by atoms with Gasteiger partial charge in [0, 0.05) is 23.5 Å². The Kier molecular flexibility index (Phi) is 3.55. The summed E-state index contributed by atoms with van der Waals surface area (Å²) in [6.07, 6.45) is 3.43. The maximum Gasteiger partial charge on any atom is 0.338 e. The lowest BCUT2D eigenvalue weighted by atomic mass is 10.0. The van der Waals surface area contributed by atoms with Crippen molar-refractivity contribution < 1.29 is 19.0 Å². The van der Waals surface area contributed by atoms with Crippen molar-refractivity contribution in [2.45, 2.75) is 6.92 Å². The Morgan fingerprint density at radius 2 is 2.09 bits per heavy atom. The van der Waals surface area contributed by atoms with Gasteiger partial charge < -0.3 is 14.2 Å². The Balaban J connectivity index is 2.32. The molecular formula is C17H14FNO3. The Hall–Kier alpha value is -2.82. The molecule has 112 valence electrons. The minimum absolute atomic E-state index is 0.132. The average molecular weight is 299 g/mol. The number of carbonyl (C=O) groups is 1. The molecule has 0 spiro atoms. The Bertz CT molecular complexity index is 854. The number of aromatic nitrogens is 1. The average Bonchev–Trinajstić information content (AvgIpc) is 2.88. The number of ether oxygens (including phenoxy) is 1. The third kappa shape index (κ3) is 2.30. The Morgan fingerprint density at radius 3 is 2.82 bits per heavy atom. The lowest BCUT2D eigenvalue weighted by molar-refractivity contribution is 0.0700. The molecule has 22 heavy (non-hydrogen) atoms. The lowest BCUT2D eigenvalue weighted by Crippen LogP contribution is -2.00. The summed E-state index contributed by atoms with van der Waals surface area (Å²) in [6.45, 7) is 2.23. The van der Waals surface area contributed by atoms with Crippen LogP contribution in [0.2, 0.25) is 0 Å². The van der Waals surface area contributed by atoms with Crippen LogP contribution in [0.1, 0.15) is 17.3 Å². The van der Waals surface area contributed by atoms with Gasteiger partial charge in [0.15, 0.2) is 0 Å². The van der Waals surface area contributed by atoms with Gasteiger partial charge in [-0.05, 0) is 37.3 Å². The van der Waals surface area contributed by atoms with E-state index in [-0.39, 0.29) is 5.56 Å². The molecule has 0 aliphatic carbocycles. The van der Waals surface area contributed by atoms with E-state index in [2.05, 4.69) is 0 Å². The van der Waals surface area contributed by atoms with Crippen molar-refractivity contribution in [1.29, 1.82) is 0 Å². The molecule has 0 radical (unpaired) electrons. The van der Waals surface area contributed by atoms with E-state index in [1.54, 1.807) is 35.0 Å². The first-order chi connectivity index (χ1) is 10.6. The summed E-state index contributed by atoms with van der Waals surface area (Å²) in [4.78, 5) is 11.7. The van der Waals surface area contributed by atoms with Gasteiger partial charge in [-0.2, -0.15) is 0 Å². The molecule has 0 saturated heterocycles. The number of fused-ring (bicyclic) bond motifs is 1. The van der Waals surface area contributed by atoms with Crippen molar-refractivity contribution in [3.63, 3.8) is 0 Å². The zero-order valence-corrected chi connectivity index (χ0v) is 11.9. The largest absolute Gasteiger partial charge is 0.493 e. The van der Waals surface area contributed by atoms with E-state index in [9.17, 15) is 14.3 Å². The molecule has 0 saturated carbocycles. The number of rotatable bonds is 4. The molecule has 0 aliphatic rings. The predicted octanol–water partition coefficient (Wildman–Crippen LogP) is 3.84. The molecule has 1 N–H and O–H groups in total. The number of halogens is 1. The Labute approximate surface area is 126 Å². The third-order valence-corrected chi connectivity index (χ3v) is 3.43. The number of benzene rings is 1. The topological polar surface area (TPSA) is 50.9 Å². The summed E-state index contributed by atoms with van der Waals surface area (Å²) < 4.78 is 20.9. The second kappa shape index (κ2) is 5.52. The predicted molar refractivity (Wildman–Crippen MR) is 80.9 cm³/mol. The van der Waals surface area contributed by atoms with E-state index in [0.29, 0.717) is 29.0 Å². The molecule has 2 heterocycles. The standard InChI is InChI=1S/C17H14FNO3/c1-2-22-15-7-6-11(18)9-12(15)13-10-19-8-4-3-5-14(19)16(13)17(20)21/h3-10H,2H2,1H3,(H,20,21). The van der Waals surface area contributed by atoms with Gasteiger partial charge in [-0.3, -0.25) is 0 Å². The molecule has 2 aromatic heterocycles. The highest BCUT2D eigenvalue weighted by molar-refractivity contribution is 6.04. The second-order valence-electron chi connectivity index (χ2n) is 4.79. The summed E-state index contributed by atoms with van der Waals surface area (Å²) in [5.74, 6) is -1.04. The fourth-order valence-corrected chi connectivity index (χ4v) is 2.55. The van der Waals surface area contributed by atoms with Crippen LogP contribution >= 0.6 is 0 Å². The maximum atomic E-state index is 13.7. The van der Waals surface area contributed by atoms with Crippen molar-refractivity contribution >= 4 is 11.5 Å². The van der Waals surface area contributed by atoms with E-state index in [1.807, 2.05) is 6.92 Å². The zero-order valence-electron chi connectivity index (χ0n) is 11.9. The molecule has 5 heteroatoms. The number of hydrogen-bond donors (Lipinski definition) is 1. The molecule has 0 fully saturated rings. The fraction of sp³-hybridized carbons (Fsp3) is 0.118. The van der Waals surface area contributed by atoms with Crippen molar-refractivity contribution in [3.05, 3.63) is 60.2 Å². The van der Waals surface area contributed by atoms with Crippen molar-refractivity contribution in [3.8, 4) is 16.9 Å². The fourth-order valence-electron chi connectivity index (χ4n) is 2.55. The highest BCUT2D eigenvalue weighted by Gasteiger charge is 2.21. The first-order valence-corrected chi connectivity index (χ1v) is 6.87. The van der Waals surface area contributed by atoms with Gasteiger partial charge in [0.05, 0.1) is 17.7 Å². The third-order valence-electron chi connectivity index (χ3n) is 3.43. The van der Waals surface area contributed by atoms with Crippen LogP contribution in [-0.2, 0) is 0 Å². The van der Waals surface area contributed by atoms with Crippen LogP contribution in [0.25, 0.3) is 16.6 Å². The van der Waals surface area contributed by atoms with Gasteiger partial charge in [0.25, 0.3) is 0 Å². The minimum Gasteiger partial charge on any atom is -0.493 e. The summed E-state index contributed by atoms with van der Waals surface area (Å²) in [5, 5.41) is 9.56. The van der Waals surface area contributed by atoms with Gasteiger partial charge in [0.2, 0.25) is 0 Å². The molecule has 4 nitrogen and oxygen atoms in total. The van der Waals surface area contributed by atoms with Crippen LogP contribution in [0.4, 0.5) is 4.39 Å². The number of aromatic carboxylic acids is 1. The number of pyridine rings is 1. The number of nitrogens with zero attached hydrogens (tertiary/aromatic N) is 1. The van der Waals surface area contributed by atoms with Gasteiger partial charge in [-0.15, -0.1) is 0 Å². The van der Waals surface area contributed by atoms with Crippen molar-refractivity contribution in [2.75, 3.05) is 6.61 Å². The van der Waals surface area contributed by atoms with E-state index in [1.165, 1.54) is 18.2 Å². The van der Waals surface area contributed by atoms with Gasteiger partial charge in [0.1, 0.15) is 11.6 Å². The van der Waals surface area contributed by atoms with E-state index in [4.69, 9.17) is 4.74 Å². The molecule has 0 atom stereocenters. The van der Waals surface area contributed by atoms with Crippen LogP contribution in [0.5, 0.6) is 5.75 Å². The van der Waals surface area contributed by atoms with E-state index < -0.39 is 11.8 Å². The summed E-state index contributed by atoms with van der Waals surface area (Å²) in [6, 6.07) is 9.39. The zero-order chi connectivity index (χ0) is 15.7. The van der Waals surface area contributed by atoms with Crippen molar-refractivity contribution in [1.82, 2.24) is 4.40 Å². The van der Waals surface area contributed by atoms with E-state index >= 15 is 0 Å². The van der Waals surface area contributed by atoms with Crippen LogP contribution in [0.15, 0.2) is 48.8 Å². The molecule has 0 amide bonds. The molecular weight excluding hydrogens is 285 g/mol. The van der Waals surface area contributed by atoms with Crippen molar-refractivity contribution in [2.24, 2.45) is 0 Å². The van der Waals surface area contributed by atoms with Gasteiger partial charge in [-0.1, -0.05) is 6.07 Å². The summed E-state index contributed by atoms with van der Waals surface area (Å²) in [5.41, 5.74) is 1.55. The van der Waals surface area contributed by atoms with Gasteiger partial charge >= 0.3 is 5.97 Å². The molecule has 0 aliphatic heterocycles. The number of carboxylic acids is 1. The lowest BCUT2D eigenvalue weighted by Gasteiger charge is -2.10. The van der Waals surface area contributed by atoms with Gasteiger partial charge in [-0.25, -0.2) is 9.18 Å².